The molecule has 29 heavy (non-hydrogen) atoms. The number of carbonyl (C=O) groups excluding carboxylic acids is 2. The van der Waals surface area contributed by atoms with Crippen LogP contribution in [0.5, 0.6) is 0 Å². The van der Waals surface area contributed by atoms with Crippen molar-refractivity contribution in [2.75, 3.05) is 32.7 Å². The Labute approximate surface area is 170 Å². The number of benzene rings is 1. The molecule has 1 saturated carbocycles. The largest absolute Gasteiger partial charge is 0.335 e. The minimum Gasteiger partial charge on any atom is -0.335 e. The first-order valence-electron chi connectivity index (χ1n) is 9.93. The molecule has 1 aromatic rings. The van der Waals surface area contributed by atoms with Gasteiger partial charge in [0.25, 0.3) is 0 Å². The van der Waals surface area contributed by atoms with Crippen LogP contribution in [0.3, 0.4) is 0 Å². The van der Waals surface area contributed by atoms with Crippen LogP contribution in [0.15, 0.2) is 29.2 Å². The van der Waals surface area contributed by atoms with Gasteiger partial charge in [0.2, 0.25) is 15.9 Å². The molecule has 10 heteroatoms. The van der Waals surface area contributed by atoms with Gasteiger partial charge in [-0.2, -0.15) is 4.31 Å². The highest BCUT2D eigenvalue weighted by molar-refractivity contribution is 7.89. The molecule has 0 aromatic heterocycles. The Balaban J connectivity index is 1.49. The first-order valence-corrected chi connectivity index (χ1v) is 11.4. The minimum absolute atomic E-state index is 0.0303. The number of imide groups is 1. The highest BCUT2D eigenvalue weighted by atomic mass is 32.2. The average molecular weight is 427 g/mol. The maximum Gasteiger partial charge on any atom is 0.321 e. The fraction of sp³-hybridized carbons (Fsp3) is 0.579. The quantitative estimate of drug-likeness (QED) is 0.739. The van der Waals surface area contributed by atoms with Crippen molar-refractivity contribution in [3.8, 4) is 0 Å². The molecular weight excluding hydrogens is 399 g/mol. The third-order valence-corrected chi connectivity index (χ3v) is 7.22. The molecule has 8 nitrogen and oxygen atoms in total. The number of nitrogens with one attached hydrogen (secondary N) is 2. The molecule has 2 fully saturated rings. The van der Waals surface area contributed by atoms with Crippen LogP contribution >= 0.6 is 0 Å². The number of amides is 3. The van der Waals surface area contributed by atoms with Crippen LogP contribution in [0.25, 0.3) is 0 Å². The van der Waals surface area contributed by atoms with Crippen molar-refractivity contribution in [2.24, 2.45) is 0 Å². The first-order chi connectivity index (χ1) is 13.8. The highest BCUT2D eigenvalue weighted by Crippen LogP contribution is 2.18. The number of sulfonamides is 1. The van der Waals surface area contributed by atoms with Crippen molar-refractivity contribution in [2.45, 2.75) is 43.0 Å². The number of hydrogen-bond acceptors (Lipinski definition) is 5. The molecule has 1 aromatic carbocycles. The van der Waals surface area contributed by atoms with Gasteiger partial charge in [-0.25, -0.2) is 17.6 Å². The highest BCUT2D eigenvalue weighted by Gasteiger charge is 2.27. The molecule has 1 saturated heterocycles. The van der Waals surface area contributed by atoms with Gasteiger partial charge in [-0.15, -0.1) is 0 Å². The van der Waals surface area contributed by atoms with E-state index in [9.17, 15) is 22.4 Å². The lowest BCUT2D eigenvalue weighted by Gasteiger charge is -2.21. The Morgan fingerprint density at radius 2 is 1.69 bits per heavy atom. The molecule has 0 bridgehead atoms. The van der Waals surface area contributed by atoms with Crippen LogP contribution in [-0.4, -0.2) is 68.3 Å². The van der Waals surface area contributed by atoms with Gasteiger partial charge >= 0.3 is 6.03 Å². The van der Waals surface area contributed by atoms with Crippen LogP contribution in [0.2, 0.25) is 0 Å². The van der Waals surface area contributed by atoms with Crippen LogP contribution in [0, 0.1) is 5.82 Å². The fourth-order valence-electron chi connectivity index (χ4n) is 3.76. The van der Waals surface area contributed by atoms with E-state index in [1.807, 2.05) is 4.90 Å². The molecule has 0 radical (unpaired) electrons. The predicted molar refractivity (Wildman–Crippen MR) is 105 cm³/mol. The topological polar surface area (TPSA) is 98.8 Å². The van der Waals surface area contributed by atoms with Crippen LogP contribution < -0.4 is 10.6 Å². The Hall–Kier alpha value is -2.04. The van der Waals surface area contributed by atoms with Crippen LogP contribution in [0.1, 0.15) is 32.1 Å². The second-order valence-electron chi connectivity index (χ2n) is 7.49. The molecule has 1 heterocycles. The molecule has 1 aliphatic carbocycles. The lowest BCUT2D eigenvalue weighted by molar-refractivity contribution is -0.121. The SMILES string of the molecule is O=C(CN1CCCN(S(=O)(=O)c2ccc(F)cc2)CC1)NC(=O)NC1CCCC1. The first kappa shape index (κ1) is 21.7. The van der Waals surface area contributed by atoms with Crippen molar-refractivity contribution in [1.29, 1.82) is 0 Å². The third kappa shape index (κ3) is 5.97. The third-order valence-electron chi connectivity index (χ3n) is 5.31. The number of nitrogens with zero attached hydrogens (tertiary/aromatic N) is 2. The van der Waals surface area contributed by atoms with Crippen LogP contribution in [0.4, 0.5) is 9.18 Å². The van der Waals surface area contributed by atoms with Crippen molar-refractivity contribution in [3.05, 3.63) is 30.1 Å². The summed E-state index contributed by atoms with van der Waals surface area (Å²) in [4.78, 5) is 25.9. The number of hydrogen-bond donors (Lipinski definition) is 2. The van der Waals surface area contributed by atoms with E-state index in [0.717, 1.165) is 37.8 Å². The Kier molecular flexibility index (Phi) is 7.20. The summed E-state index contributed by atoms with van der Waals surface area (Å²) in [5, 5.41) is 5.15. The summed E-state index contributed by atoms with van der Waals surface area (Å²) in [5.41, 5.74) is 0. The van der Waals surface area contributed by atoms with E-state index < -0.39 is 27.8 Å². The van der Waals surface area contributed by atoms with E-state index in [4.69, 9.17) is 0 Å². The molecule has 160 valence electrons. The molecule has 3 rings (SSSR count). The van der Waals surface area contributed by atoms with Gasteiger partial charge in [0.15, 0.2) is 0 Å². The minimum atomic E-state index is -3.71. The summed E-state index contributed by atoms with van der Waals surface area (Å²) in [5.74, 6) is -0.899. The van der Waals surface area contributed by atoms with Crippen LogP contribution in [-0.2, 0) is 14.8 Å². The summed E-state index contributed by atoms with van der Waals surface area (Å²) in [6.45, 7) is 1.50. The van der Waals surface area contributed by atoms with Crippen molar-refractivity contribution in [3.63, 3.8) is 0 Å². The Morgan fingerprint density at radius 1 is 1.00 bits per heavy atom. The molecule has 3 amide bonds. The van der Waals surface area contributed by atoms with Crippen molar-refractivity contribution >= 4 is 22.0 Å². The molecule has 2 aliphatic rings. The number of rotatable bonds is 5. The molecule has 1 aliphatic heterocycles. The zero-order valence-corrected chi connectivity index (χ0v) is 17.1. The van der Waals surface area contributed by atoms with Gasteiger partial charge in [-0.3, -0.25) is 15.0 Å². The Morgan fingerprint density at radius 3 is 2.38 bits per heavy atom. The van der Waals surface area contributed by atoms with Crippen molar-refractivity contribution in [1.82, 2.24) is 19.8 Å². The maximum absolute atomic E-state index is 13.1. The number of carbonyl (C=O) groups is 2. The van der Waals surface area contributed by atoms with E-state index in [2.05, 4.69) is 10.6 Å². The van der Waals surface area contributed by atoms with Gasteiger partial charge in [0.05, 0.1) is 11.4 Å². The normalized spacial score (nSPS) is 19.6. The second-order valence-corrected chi connectivity index (χ2v) is 9.43. The summed E-state index contributed by atoms with van der Waals surface area (Å²) in [6, 6.07) is 4.41. The van der Waals surface area contributed by atoms with E-state index in [1.165, 1.54) is 16.4 Å². The molecule has 2 N–H and O–H groups in total. The fourth-order valence-corrected chi connectivity index (χ4v) is 5.23. The molecule has 0 unspecified atom stereocenters. The lowest BCUT2D eigenvalue weighted by atomic mass is 10.2. The predicted octanol–water partition coefficient (Wildman–Crippen LogP) is 1.29. The second kappa shape index (κ2) is 9.64. The van der Waals surface area contributed by atoms with E-state index in [0.29, 0.717) is 26.1 Å². The summed E-state index contributed by atoms with van der Waals surface area (Å²) < 4.78 is 39.9. The van der Waals surface area contributed by atoms with E-state index in [-0.39, 0.29) is 24.0 Å². The molecular formula is C19H27FN4O4S. The number of halogens is 1. The average Bonchev–Trinajstić information content (AvgIpc) is 3.05. The van der Waals surface area contributed by atoms with Gasteiger partial charge in [0, 0.05) is 25.7 Å². The van der Waals surface area contributed by atoms with E-state index in [1.54, 1.807) is 0 Å². The summed E-state index contributed by atoms with van der Waals surface area (Å²) in [6.07, 6.45) is 4.61. The lowest BCUT2D eigenvalue weighted by Crippen LogP contribution is -2.47. The van der Waals surface area contributed by atoms with Gasteiger partial charge in [0.1, 0.15) is 5.82 Å². The Bertz CT molecular complexity index is 825. The monoisotopic (exact) mass is 426 g/mol. The maximum atomic E-state index is 13.1. The van der Waals surface area contributed by atoms with Gasteiger partial charge < -0.3 is 5.32 Å². The molecule has 0 spiro atoms. The zero-order chi connectivity index (χ0) is 20.9. The van der Waals surface area contributed by atoms with Gasteiger partial charge in [-0.05, 0) is 50.1 Å². The standard InChI is InChI=1S/C19H27FN4O4S/c20-15-6-8-17(9-7-15)29(27,28)24-11-3-10-23(12-13-24)14-18(25)22-19(26)21-16-4-1-2-5-16/h6-9,16H,1-5,10-14H2,(H2,21,22,25,26). The summed E-state index contributed by atoms with van der Waals surface area (Å²) >= 11 is 0. The summed E-state index contributed by atoms with van der Waals surface area (Å²) in [7, 11) is -3.71. The van der Waals surface area contributed by atoms with Crippen molar-refractivity contribution < 1.29 is 22.4 Å². The zero-order valence-electron chi connectivity index (χ0n) is 16.3. The van der Waals surface area contributed by atoms with Gasteiger partial charge in [-0.1, -0.05) is 12.8 Å². The smallest absolute Gasteiger partial charge is 0.321 e. The van der Waals surface area contributed by atoms with E-state index >= 15 is 0 Å². The number of urea groups is 1. The molecule has 0 atom stereocenters.